The number of ether oxygens (including phenoxy) is 2. The van der Waals surface area contributed by atoms with Crippen LogP contribution in [0.15, 0.2) is 30.3 Å². The van der Waals surface area contributed by atoms with Gasteiger partial charge in [-0.05, 0) is 83.8 Å². The van der Waals surface area contributed by atoms with Gasteiger partial charge in [0.25, 0.3) is 0 Å². The molecule has 1 aromatic carbocycles. The van der Waals surface area contributed by atoms with E-state index in [1.807, 2.05) is 32.0 Å². The molecule has 0 bridgehead atoms. The third-order valence-corrected chi connectivity index (χ3v) is 6.30. The molecule has 164 valence electrons. The number of hydrogen-bond donors (Lipinski definition) is 0. The number of nitrogens with zero attached hydrogens (tertiary/aromatic N) is 3. The van der Waals surface area contributed by atoms with Gasteiger partial charge in [-0.25, -0.2) is 0 Å². The minimum atomic E-state index is -0.475. The minimum absolute atomic E-state index is 0.0707. The van der Waals surface area contributed by atoms with Crippen LogP contribution in [0.3, 0.4) is 0 Å². The number of aromatic nitrogens is 2. The number of hydrogen-bond acceptors (Lipinski definition) is 5. The summed E-state index contributed by atoms with van der Waals surface area (Å²) in [6.07, 6.45) is 2.28. The molecule has 0 N–H and O–H groups in total. The van der Waals surface area contributed by atoms with Crippen molar-refractivity contribution in [1.82, 2.24) is 14.7 Å². The quantitative estimate of drug-likeness (QED) is 0.617. The van der Waals surface area contributed by atoms with Gasteiger partial charge in [-0.3, -0.25) is 14.4 Å². The Hall–Kier alpha value is -2.34. The van der Waals surface area contributed by atoms with Crippen molar-refractivity contribution in [2.75, 3.05) is 26.8 Å². The average Bonchev–Trinajstić information content (AvgIpc) is 3.05. The fraction of sp³-hybridized carbons (Fsp3) is 0.583. The number of esters is 1. The molecule has 1 unspecified atom stereocenters. The highest BCUT2D eigenvalue weighted by molar-refractivity contribution is 5.77. The van der Waals surface area contributed by atoms with E-state index in [9.17, 15) is 4.79 Å². The van der Waals surface area contributed by atoms with Gasteiger partial charge in [-0.1, -0.05) is 12.1 Å². The molecule has 1 fully saturated rings. The summed E-state index contributed by atoms with van der Waals surface area (Å²) in [5, 5.41) is 4.60. The maximum Gasteiger partial charge on any atom is 0.312 e. The van der Waals surface area contributed by atoms with E-state index in [4.69, 9.17) is 9.47 Å². The zero-order chi connectivity index (χ0) is 21.7. The Kier molecular flexibility index (Phi) is 7.19. The second-order valence-electron chi connectivity index (χ2n) is 8.52. The summed E-state index contributed by atoms with van der Waals surface area (Å²) in [6.45, 7) is 11.3. The highest BCUT2D eigenvalue weighted by Crippen LogP contribution is 2.38. The molecule has 0 saturated carbocycles. The predicted molar refractivity (Wildman–Crippen MR) is 118 cm³/mol. The van der Waals surface area contributed by atoms with Crippen LogP contribution in [0.2, 0.25) is 0 Å². The van der Waals surface area contributed by atoms with E-state index in [0.29, 0.717) is 19.1 Å². The first-order valence-electron chi connectivity index (χ1n) is 10.9. The lowest BCUT2D eigenvalue weighted by molar-refractivity contribution is -0.159. The van der Waals surface area contributed by atoms with Gasteiger partial charge in [-0.15, -0.1) is 0 Å². The Morgan fingerprint density at radius 1 is 1.23 bits per heavy atom. The van der Waals surface area contributed by atoms with Gasteiger partial charge in [0.05, 0.1) is 31.4 Å². The van der Waals surface area contributed by atoms with Crippen molar-refractivity contribution in [2.45, 2.75) is 59.5 Å². The molecule has 1 aliphatic heterocycles. The lowest BCUT2D eigenvalue weighted by atomic mass is 9.73. The first kappa shape index (κ1) is 22.3. The molecular formula is C24H35N3O3. The number of likely N-dealkylation sites (tertiary alicyclic amines) is 1. The number of methoxy groups -OCH3 is 1. The van der Waals surface area contributed by atoms with Gasteiger partial charge < -0.3 is 9.47 Å². The van der Waals surface area contributed by atoms with Crippen LogP contribution in [-0.2, 0) is 22.5 Å². The van der Waals surface area contributed by atoms with E-state index in [1.165, 1.54) is 5.69 Å². The van der Waals surface area contributed by atoms with Crippen molar-refractivity contribution in [3.63, 3.8) is 0 Å². The largest absolute Gasteiger partial charge is 0.497 e. The summed E-state index contributed by atoms with van der Waals surface area (Å²) in [5.74, 6) is 0.751. The Morgan fingerprint density at radius 2 is 1.97 bits per heavy atom. The summed E-state index contributed by atoms with van der Waals surface area (Å²) in [6, 6.07) is 10.5. The molecule has 0 radical (unpaired) electrons. The van der Waals surface area contributed by atoms with Crippen LogP contribution in [0, 0.1) is 19.3 Å². The summed E-state index contributed by atoms with van der Waals surface area (Å²) < 4.78 is 13.0. The molecule has 1 saturated heterocycles. The maximum atomic E-state index is 13.0. The highest BCUT2D eigenvalue weighted by Gasteiger charge is 2.43. The van der Waals surface area contributed by atoms with Crippen molar-refractivity contribution in [3.05, 3.63) is 47.3 Å². The van der Waals surface area contributed by atoms with Gasteiger partial charge in [0.2, 0.25) is 0 Å². The zero-order valence-electron chi connectivity index (χ0n) is 19.0. The van der Waals surface area contributed by atoms with Crippen LogP contribution >= 0.6 is 0 Å². The molecule has 1 aliphatic rings. The normalized spacial score (nSPS) is 17.5. The Bertz CT molecular complexity index is 853. The molecule has 1 aromatic heterocycles. The number of carbonyl (C=O) groups excluding carboxylic acids is 1. The van der Waals surface area contributed by atoms with Crippen LogP contribution in [0.4, 0.5) is 0 Å². The van der Waals surface area contributed by atoms with E-state index in [2.05, 4.69) is 40.7 Å². The van der Waals surface area contributed by atoms with Crippen molar-refractivity contribution < 1.29 is 14.3 Å². The van der Waals surface area contributed by atoms with E-state index >= 15 is 0 Å². The third kappa shape index (κ3) is 5.04. The van der Waals surface area contributed by atoms with Crippen LogP contribution in [0.5, 0.6) is 5.75 Å². The molecule has 3 rings (SSSR count). The summed E-state index contributed by atoms with van der Waals surface area (Å²) >= 11 is 0. The topological polar surface area (TPSA) is 56.6 Å². The van der Waals surface area contributed by atoms with Crippen molar-refractivity contribution in [1.29, 1.82) is 0 Å². The van der Waals surface area contributed by atoms with Crippen LogP contribution < -0.4 is 4.74 Å². The molecule has 0 amide bonds. The molecule has 2 heterocycles. The van der Waals surface area contributed by atoms with Gasteiger partial charge in [0.1, 0.15) is 5.75 Å². The van der Waals surface area contributed by atoms with Crippen LogP contribution in [0.25, 0.3) is 0 Å². The first-order valence-corrected chi connectivity index (χ1v) is 10.9. The monoisotopic (exact) mass is 413 g/mol. The van der Waals surface area contributed by atoms with Gasteiger partial charge in [0.15, 0.2) is 0 Å². The van der Waals surface area contributed by atoms with E-state index in [-0.39, 0.29) is 5.97 Å². The molecule has 0 aliphatic carbocycles. The van der Waals surface area contributed by atoms with Gasteiger partial charge in [-0.2, -0.15) is 5.10 Å². The zero-order valence-corrected chi connectivity index (χ0v) is 19.0. The number of carbonyl (C=O) groups is 1. The van der Waals surface area contributed by atoms with Gasteiger partial charge in [0, 0.05) is 11.7 Å². The van der Waals surface area contributed by atoms with Crippen LogP contribution in [0.1, 0.15) is 43.6 Å². The first-order chi connectivity index (χ1) is 14.4. The number of piperidine rings is 1. The average molecular weight is 414 g/mol. The number of benzene rings is 1. The Labute approximate surface area is 180 Å². The lowest BCUT2D eigenvalue weighted by Crippen LogP contribution is -2.49. The highest BCUT2D eigenvalue weighted by atomic mass is 16.5. The smallest absolute Gasteiger partial charge is 0.312 e. The lowest BCUT2D eigenvalue weighted by Gasteiger charge is -2.42. The molecular weight excluding hydrogens is 378 g/mol. The molecule has 6 nitrogen and oxygen atoms in total. The fourth-order valence-electron chi connectivity index (χ4n) is 4.53. The predicted octanol–water partition coefficient (Wildman–Crippen LogP) is 3.79. The fourth-order valence-corrected chi connectivity index (χ4v) is 4.53. The van der Waals surface area contributed by atoms with E-state index in [0.717, 1.165) is 49.5 Å². The second kappa shape index (κ2) is 9.65. The maximum absolute atomic E-state index is 13.0. The SMILES string of the molecule is CCOC(=O)C1(Cc2cccc(OC)c2)CCN(C(C)Cn2nc(C)cc2C)CC1. The van der Waals surface area contributed by atoms with Gasteiger partial charge >= 0.3 is 5.97 Å². The summed E-state index contributed by atoms with van der Waals surface area (Å²) in [4.78, 5) is 15.5. The summed E-state index contributed by atoms with van der Waals surface area (Å²) in [7, 11) is 1.67. The number of aryl methyl sites for hydroxylation is 2. The standard InChI is InChI=1S/C24H35N3O3/c1-6-30-23(28)24(16-21-8-7-9-22(15-21)29-5)10-12-26(13-11-24)20(4)17-27-19(3)14-18(2)25-27/h7-9,14-15,20H,6,10-13,16-17H2,1-5H3. The number of rotatable bonds is 8. The second-order valence-corrected chi connectivity index (χ2v) is 8.52. The Balaban J connectivity index is 1.70. The van der Waals surface area contributed by atoms with Crippen LogP contribution in [-0.4, -0.2) is 53.5 Å². The molecule has 2 aromatic rings. The minimum Gasteiger partial charge on any atom is -0.497 e. The van der Waals surface area contributed by atoms with Crippen molar-refractivity contribution in [3.8, 4) is 5.75 Å². The molecule has 0 spiro atoms. The van der Waals surface area contributed by atoms with E-state index in [1.54, 1.807) is 7.11 Å². The van der Waals surface area contributed by atoms with Crippen molar-refractivity contribution in [2.24, 2.45) is 5.41 Å². The van der Waals surface area contributed by atoms with E-state index < -0.39 is 5.41 Å². The Morgan fingerprint density at radius 3 is 2.57 bits per heavy atom. The molecule has 6 heteroatoms. The molecule has 30 heavy (non-hydrogen) atoms. The summed E-state index contributed by atoms with van der Waals surface area (Å²) in [5.41, 5.74) is 2.89. The third-order valence-electron chi connectivity index (χ3n) is 6.30. The van der Waals surface area contributed by atoms with Crippen molar-refractivity contribution >= 4 is 5.97 Å². The molecule has 1 atom stereocenters.